The SMILES string of the molecule is Cc1ncc2c(n1)CCC[C@@H]2NC(=O)[C@H]1C[C@H]1c1ccccc1. The Morgan fingerprint density at radius 1 is 1.26 bits per heavy atom. The van der Waals surface area contributed by atoms with Crippen molar-refractivity contribution in [1.29, 1.82) is 0 Å². The van der Waals surface area contributed by atoms with Crippen molar-refractivity contribution < 1.29 is 4.79 Å². The van der Waals surface area contributed by atoms with Gasteiger partial charge in [-0.2, -0.15) is 0 Å². The molecule has 3 atom stereocenters. The second-order valence-electron chi connectivity index (χ2n) is 6.63. The van der Waals surface area contributed by atoms with Gasteiger partial charge in [0.15, 0.2) is 0 Å². The number of benzene rings is 1. The van der Waals surface area contributed by atoms with Crippen LogP contribution in [0.5, 0.6) is 0 Å². The third kappa shape index (κ3) is 2.85. The van der Waals surface area contributed by atoms with Gasteiger partial charge in [0.1, 0.15) is 5.82 Å². The highest BCUT2D eigenvalue weighted by Crippen LogP contribution is 2.47. The van der Waals surface area contributed by atoms with Crippen LogP contribution >= 0.6 is 0 Å². The third-order valence-electron chi connectivity index (χ3n) is 4.97. The van der Waals surface area contributed by atoms with Gasteiger partial charge >= 0.3 is 0 Å². The first-order valence-electron chi connectivity index (χ1n) is 8.40. The average molecular weight is 307 g/mol. The van der Waals surface area contributed by atoms with Crippen molar-refractivity contribution in [3.63, 3.8) is 0 Å². The molecular formula is C19H21N3O. The molecule has 2 aliphatic rings. The van der Waals surface area contributed by atoms with Crippen LogP contribution in [0, 0.1) is 12.8 Å². The van der Waals surface area contributed by atoms with Gasteiger partial charge in [0.2, 0.25) is 5.91 Å². The maximum atomic E-state index is 12.6. The van der Waals surface area contributed by atoms with Gasteiger partial charge in [0.25, 0.3) is 0 Å². The summed E-state index contributed by atoms with van der Waals surface area (Å²) in [4.78, 5) is 21.4. The third-order valence-corrected chi connectivity index (χ3v) is 4.97. The van der Waals surface area contributed by atoms with Crippen LogP contribution in [0.25, 0.3) is 0 Å². The summed E-state index contributed by atoms with van der Waals surface area (Å²) in [5, 5.41) is 3.24. The molecule has 1 aromatic carbocycles. The molecule has 4 heteroatoms. The van der Waals surface area contributed by atoms with Gasteiger partial charge < -0.3 is 5.32 Å². The molecule has 0 saturated heterocycles. The second-order valence-corrected chi connectivity index (χ2v) is 6.63. The van der Waals surface area contributed by atoms with Crippen molar-refractivity contribution in [1.82, 2.24) is 15.3 Å². The van der Waals surface area contributed by atoms with E-state index in [4.69, 9.17) is 0 Å². The molecule has 0 unspecified atom stereocenters. The van der Waals surface area contributed by atoms with E-state index in [1.165, 1.54) is 5.56 Å². The molecule has 0 radical (unpaired) electrons. The zero-order chi connectivity index (χ0) is 15.8. The van der Waals surface area contributed by atoms with Crippen LogP contribution < -0.4 is 5.32 Å². The van der Waals surface area contributed by atoms with Crippen molar-refractivity contribution in [3.8, 4) is 0 Å². The molecule has 1 amide bonds. The molecule has 0 aliphatic heterocycles. The van der Waals surface area contributed by atoms with Gasteiger partial charge in [-0.15, -0.1) is 0 Å². The minimum absolute atomic E-state index is 0.0730. The molecule has 0 spiro atoms. The van der Waals surface area contributed by atoms with Crippen LogP contribution in [0.2, 0.25) is 0 Å². The molecule has 4 rings (SSSR count). The monoisotopic (exact) mass is 307 g/mol. The maximum Gasteiger partial charge on any atom is 0.224 e. The zero-order valence-electron chi connectivity index (χ0n) is 13.3. The molecule has 2 aromatic rings. The molecule has 118 valence electrons. The van der Waals surface area contributed by atoms with Crippen molar-refractivity contribution in [2.75, 3.05) is 0 Å². The number of nitrogens with one attached hydrogen (secondary N) is 1. The number of rotatable bonds is 3. The van der Waals surface area contributed by atoms with E-state index in [0.29, 0.717) is 5.92 Å². The minimum Gasteiger partial charge on any atom is -0.349 e. The van der Waals surface area contributed by atoms with Gasteiger partial charge in [-0.25, -0.2) is 9.97 Å². The Labute approximate surface area is 136 Å². The first-order valence-corrected chi connectivity index (χ1v) is 8.40. The number of carbonyl (C=O) groups excluding carboxylic acids is 1. The van der Waals surface area contributed by atoms with Gasteiger partial charge in [0.05, 0.1) is 6.04 Å². The molecule has 1 aromatic heterocycles. The van der Waals surface area contributed by atoms with E-state index in [0.717, 1.165) is 42.8 Å². The van der Waals surface area contributed by atoms with Crippen LogP contribution in [-0.2, 0) is 11.2 Å². The van der Waals surface area contributed by atoms with Crippen LogP contribution in [0.4, 0.5) is 0 Å². The van der Waals surface area contributed by atoms with E-state index in [1.807, 2.05) is 31.3 Å². The summed E-state index contributed by atoms with van der Waals surface area (Å²) < 4.78 is 0. The number of hydrogen-bond acceptors (Lipinski definition) is 3. The average Bonchev–Trinajstić information content (AvgIpc) is 3.36. The number of nitrogens with zero attached hydrogens (tertiary/aromatic N) is 2. The Balaban J connectivity index is 1.45. The van der Waals surface area contributed by atoms with Gasteiger partial charge in [-0.05, 0) is 44.1 Å². The van der Waals surface area contributed by atoms with E-state index in [1.54, 1.807) is 0 Å². The van der Waals surface area contributed by atoms with Crippen LogP contribution in [0.1, 0.15) is 53.9 Å². The molecule has 1 fully saturated rings. The summed E-state index contributed by atoms with van der Waals surface area (Å²) in [6.07, 6.45) is 5.89. The highest BCUT2D eigenvalue weighted by Gasteiger charge is 2.44. The van der Waals surface area contributed by atoms with E-state index in [9.17, 15) is 4.79 Å². The van der Waals surface area contributed by atoms with Crippen molar-refractivity contribution in [2.24, 2.45) is 5.92 Å². The molecule has 1 N–H and O–H groups in total. The van der Waals surface area contributed by atoms with Gasteiger partial charge in [-0.1, -0.05) is 30.3 Å². The fourth-order valence-electron chi connectivity index (χ4n) is 3.63. The Morgan fingerprint density at radius 2 is 2.09 bits per heavy atom. The normalized spacial score (nSPS) is 25.5. The van der Waals surface area contributed by atoms with Crippen molar-refractivity contribution >= 4 is 5.91 Å². The number of fused-ring (bicyclic) bond motifs is 1. The predicted molar refractivity (Wildman–Crippen MR) is 87.9 cm³/mol. The van der Waals surface area contributed by atoms with Crippen LogP contribution in [0.15, 0.2) is 36.5 Å². The molecule has 1 heterocycles. The van der Waals surface area contributed by atoms with E-state index >= 15 is 0 Å². The lowest BCUT2D eigenvalue weighted by Crippen LogP contribution is -2.32. The summed E-state index contributed by atoms with van der Waals surface area (Å²) in [6, 6.07) is 10.4. The summed E-state index contributed by atoms with van der Waals surface area (Å²) in [5.74, 6) is 1.49. The van der Waals surface area contributed by atoms with Gasteiger partial charge in [0, 0.05) is 23.4 Å². The molecular weight excluding hydrogens is 286 g/mol. The lowest BCUT2D eigenvalue weighted by Gasteiger charge is -2.25. The Hall–Kier alpha value is -2.23. The first kappa shape index (κ1) is 14.4. The second kappa shape index (κ2) is 5.76. The summed E-state index contributed by atoms with van der Waals surface area (Å²) in [5.41, 5.74) is 3.48. The highest BCUT2D eigenvalue weighted by atomic mass is 16.2. The Kier molecular flexibility index (Phi) is 3.60. The molecule has 0 bridgehead atoms. The van der Waals surface area contributed by atoms with Crippen molar-refractivity contribution in [2.45, 2.75) is 44.6 Å². The number of amides is 1. The van der Waals surface area contributed by atoms with E-state index in [2.05, 4.69) is 27.4 Å². The number of aryl methyl sites for hydroxylation is 2. The molecule has 2 aliphatic carbocycles. The van der Waals surface area contributed by atoms with E-state index in [-0.39, 0.29) is 17.9 Å². The summed E-state index contributed by atoms with van der Waals surface area (Å²) in [7, 11) is 0. The summed E-state index contributed by atoms with van der Waals surface area (Å²) >= 11 is 0. The fraction of sp³-hybridized carbons (Fsp3) is 0.421. The first-order chi connectivity index (χ1) is 11.2. The standard InChI is InChI=1S/C19H21N3O/c1-12-20-11-16-17(21-12)8-5-9-18(16)22-19(23)15-10-14(15)13-6-3-2-4-7-13/h2-4,6-7,11,14-15,18H,5,8-10H2,1H3,(H,22,23)/t14-,15-,18-/m0/s1. The molecule has 4 nitrogen and oxygen atoms in total. The number of carbonyl (C=O) groups is 1. The topological polar surface area (TPSA) is 54.9 Å². The minimum atomic E-state index is 0.0730. The lowest BCUT2D eigenvalue weighted by molar-refractivity contribution is -0.123. The van der Waals surface area contributed by atoms with Gasteiger partial charge in [-0.3, -0.25) is 4.79 Å². The number of aromatic nitrogens is 2. The highest BCUT2D eigenvalue weighted by molar-refractivity contribution is 5.83. The van der Waals surface area contributed by atoms with Crippen LogP contribution in [0.3, 0.4) is 0 Å². The van der Waals surface area contributed by atoms with Crippen molar-refractivity contribution in [3.05, 3.63) is 59.2 Å². The maximum absolute atomic E-state index is 12.6. The van der Waals surface area contributed by atoms with E-state index < -0.39 is 0 Å². The fourth-order valence-corrected chi connectivity index (χ4v) is 3.63. The smallest absolute Gasteiger partial charge is 0.224 e. The lowest BCUT2D eigenvalue weighted by atomic mass is 9.92. The molecule has 23 heavy (non-hydrogen) atoms. The van der Waals surface area contributed by atoms with Crippen LogP contribution in [-0.4, -0.2) is 15.9 Å². The predicted octanol–water partition coefficient (Wildman–Crippen LogP) is 3.08. The molecule has 1 saturated carbocycles. The quantitative estimate of drug-likeness (QED) is 0.948. The zero-order valence-corrected chi connectivity index (χ0v) is 13.3. The summed E-state index contributed by atoms with van der Waals surface area (Å²) in [6.45, 7) is 1.91. The largest absolute Gasteiger partial charge is 0.349 e. The Bertz CT molecular complexity index is 729. The Morgan fingerprint density at radius 3 is 2.91 bits per heavy atom. The number of hydrogen-bond donors (Lipinski definition) is 1.